The molecule has 8 nitrogen and oxygen atoms in total. The number of benzene rings is 2. The molecule has 0 saturated carbocycles. The second-order valence-corrected chi connectivity index (χ2v) is 9.82. The Labute approximate surface area is 189 Å². The van der Waals surface area contributed by atoms with Gasteiger partial charge >= 0.3 is 0 Å². The number of carbonyl (C=O) groups is 1. The maximum atomic E-state index is 13.1. The Morgan fingerprint density at radius 1 is 1.06 bits per heavy atom. The summed E-state index contributed by atoms with van der Waals surface area (Å²) in [4.78, 5) is 15.5. The lowest BCUT2D eigenvalue weighted by Gasteiger charge is -2.26. The fourth-order valence-electron chi connectivity index (χ4n) is 4.16. The van der Waals surface area contributed by atoms with Gasteiger partial charge in [0, 0.05) is 38.4 Å². The minimum Gasteiger partial charge on any atom is -0.496 e. The van der Waals surface area contributed by atoms with Gasteiger partial charge in [0.25, 0.3) is 5.91 Å². The molecular weight excluding hydrogens is 430 g/mol. The molecule has 2 fully saturated rings. The van der Waals surface area contributed by atoms with Crippen LogP contribution in [-0.4, -0.2) is 65.1 Å². The molecule has 1 amide bonds. The Hall–Kier alpha value is -2.62. The molecule has 2 saturated heterocycles. The highest BCUT2D eigenvalue weighted by Crippen LogP contribution is 2.27. The van der Waals surface area contributed by atoms with Crippen molar-refractivity contribution >= 4 is 21.6 Å². The predicted molar refractivity (Wildman–Crippen MR) is 122 cm³/mol. The summed E-state index contributed by atoms with van der Waals surface area (Å²) in [5.41, 5.74) is 2.35. The zero-order valence-corrected chi connectivity index (χ0v) is 19.1. The van der Waals surface area contributed by atoms with Crippen LogP contribution < -0.4 is 15.0 Å². The summed E-state index contributed by atoms with van der Waals surface area (Å²) in [6.07, 6.45) is 2.34. The number of sulfonamides is 1. The monoisotopic (exact) mass is 459 g/mol. The van der Waals surface area contributed by atoms with Crippen molar-refractivity contribution in [1.29, 1.82) is 0 Å². The average molecular weight is 460 g/mol. The average Bonchev–Trinajstić information content (AvgIpc) is 3.37. The van der Waals surface area contributed by atoms with Crippen molar-refractivity contribution in [2.24, 2.45) is 0 Å². The number of nitrogens with one attached hydrogen (secondary N) is 1. The molecule has 0 radical (unpaired) electrons. The van der Waals surface area contributed by atoms with Gasteiger partial charge in [0.1, 0.15) is 5.75 Å². The van der Waals surface area contributed by atoms with Gasteiger partial charge in [0.15, 0.2) is 0 Å². The van der Waals surface area contributed by atoms with Crippen LogP contribution in [0.5, 0.6) is 5.75 Å². The molecule has 2 aromatic carbocycles. The smallest absolute Gasteiger partial charge is 0.255 e. The second-order valence-electron chi connectivity index (χ2n) is 7.88. The zero-order chi connectivity index (χ0) is 22.6. The van der Waals surface area contributed by atoms with Gasteiger partial charge in [-0.15, -0.1) is 0 Å². The number of nitrogens with zero attached hydrogens (tertiary/aromatic N) is 2. The van der Waals surface area contributed by atoms with Crippen molar-refractivity contribution in [3.8, 4) is 5.75 Å². The fourth-order valence-corrected chi connectivity index (χ4v) is 5.59. The Kier molecular flexibility index (Phi) is 6.98. The maximum Gasteiger partial charge on any atom is 0.255 e. The van der Waals surface area contributed by atoms with E-state index in [0.29, 0.717) is 38.6 Å². The number of hydrogen-bond acceptors (Lipinski definition) is 6. The first kappa shape index (κ1) is 22.6. The topological polar surface area (TPSA) is 88.2 Å². The Bertz CT molecular complexity index is 1060. The van der Waals surface area contributed by atoms with E-state index in [9.17, 15) is 13.2 Å². The lowest BCUT2D eigenvalue weighted by molar-refractivity contribution is 0.0730. The van der Waals surface area contributed by atoms with E-state index in [1.807, 2.05) is 18.2 Å². The Balaban J connectivity index is 1.54. The predicted octanol–water partition coefficient (Wildman–Crippen LogP) is 2.25. The second kappa shape index (κ2) is 9.89. The van der Waals surface area contributed by atoms with E-state index < -0.39 is 10.0 Å². The van der Waals surface area contributed by atoms with Gasteiger partial charge in [0.2, 0.25) is 10.0 Å². The number of amides is 1. The molecule has 2 heterocycles. The van der Waals surface area contributed by atoms with Crippen molar-refractivity contribution in [1.82, 2.24) is 9.62 Å². The number of methoxy groups -OCH3 is 1. The van der Waals surface area contributed by atoms with E-state index in [2.05, 4.69) is 16.3 Å². The minimum atomic E-state index is -3.72. The highest BCUT2D eigenvalue weighted by Gasteiger charge is 2.28. The van der Waals surface area contributed by atoms with Crippen LogP contribution in [-0.2, 0) is 21.3 Å². The fraction of sp³-hybridized carbons (Fsp3) is 0.435. The minimum absolute atomic E-state index is 0.0721. The third kappa shape index (κ3) is 4.74. The summed E-state index contributed by atoms with van der Waals surface area (Å²) in [6.45, 7) is 3.68. The SMILES string of the molecule is COc1ccc(S(=O)(=O)N2CCOCC2)cc1C(=O)NCc1ccccc1N1CCCC1. The van der Waals surface area contributed by atoms with Crippen LogP contribution in [0.3, 0.4) is 0 Å². The van der Waals surface area contributed by atoms with Crippen molar-refractivity contribution in [3.05, 3.63) is 53.6 Å². The van der Waals surface area contributed by atoms with Crippen molar-refractivity contribution < 1.29 is 22.7 Å². The summed E-state index contributed by atoms with van der Waals surface area (Å²) in [5.74, 6) is -0.0478. The number of para-hydroxylation sites is 1. The third-order valence-electron chi connectivity index (χ3n) is 5.90. The van der Waals surface area contributed by atoms with Gasteiger partial charge in [-0.2, -0.15) is 4.31 Å². The lowest BCUT2D eigenvalue weighted by atomic mass is 10.1. The molecule has 2 aliphatic rings. The first-order chi connectivity index (χ1) is 15.5. The van der Waals surface area contributed by atoms with E-state index in [1.165, 1.54) is 42.5 Å². The lowest BCUT2D eigenvalue weighted by Crippen LogP contribution is -2.40. The molecule has 172 valence electrons. The first-order valence-corrected chi connectivity index (χ1v) is 12.3. The van der Waals surface area contributed by atoms with Crippen LogP contribution in [0.1, 0.15) is 28.8 Å². The third-order valence-corrected chi connectivity index (χ3v) is 7.80. The molecule has 4 rings (SSSR count). The maximum absolute atomic E-state index is 13.1. The van der Waals surface area contributed by atoms with E-state index in [1.54, 1.807) is 0 Å². The number of morpholine rings is 1. The highest BCUT2D eigenvalue weighted by atomic mass is 32.2. The van der Waals surface area contributed by atoms with Crippen LogP contribution >= 0.6 is 0 Å². The molecule has 2 aliphatic heterocycles. The standard InChI is InChI=1S/C23H29N3O5S/c1-30-22-9-8-19(32(28,29)26-12-14-31-15-13-26)16-20(22)23(27)24-17-18-6-2-3-7-21(18)25-10-4-5-11-25/h2-3,6-9,16H,4-5,10-15,17H2,1H3,(H,24,27). The molecule has 0 aromatic heterocycles. The van der Waals surface area contributed by atoms with Crippen LogP contribution in [0.4, 0.5) is 5.69 Å². The van der Waals surface area contributed by atoms with Crippen LogP contribution in [0.2, 0.25) is 0 Å². The molecule has 0 spiro atoms. The van der Waals surface area contributed by atoms with Gasteiger partial charge in [-0.05, 0) is 42.7 Å². The highest BCUT2D eigenvalue weighted by molar-refractivity contribution is 7.89. The van der Waals surface area contributed by atoms with Gasteiger partial charge in [-0.1, -0.05) is 18.2 Å². The van der Waals surface area contributed by atoms with Crippen molar-refractivity contribution in [3.63, 3.8) is 0 Å². The molecular formula is C23H29N3O5S. The number of carbonyl (C=O) groups excluding carboxylic acids is 1. The summed E-state index contributed by atoms with van der Waals surface area (Å²) in [5, 5.41) is 2.94. The number of rotatable bonds is 7. The summed E-state index contributed by atoms with van der Waals surface area (Å²) in [7, 11) is -2.25. The molecule has 0 aliphatic carbocycles. The Morgan fingerprint density at radius 2 is 1.78 bits per heavy atom. The molecule has 0 atom stereocenters. The van der Waals surface area contributed by atoms with Gasteiger partial charge in [0.05, 0.1) is 30.8 Å². The number of hydrogen-bond donors (Lipinski definition) is 1. The van der Waals surface area contributed by atoms with Crippen LogP contribution in [0.25, 0.3) is 0 Å². The molecule has 0 bridgehead atoms. The number of ether oxygens (including phenoxy) is 2. The van der Waals surface area contributed by atoms with Crippen LogP contribution in [0.15, 0.2) is 47.4 Å². The zero-order valence-electron chi connectivity index (χ0n) is 18.2. The molecule has 32 heavy (non-hydrogen) atoms. The first-order valence-electron chi connectivity index (χ1n) is 10.9. The van der Waals surface area contributed by atoms with Gasteiger partial charge in [-0.3, -0.25) is 4.79 Å². The van der Waals surface area contributed by atoms with Crippen molar-refractivity contribution in [2.45, 2.75) is 24.3 Å². The summed E-state index contributed by atoms with van der Waals surface area (Å²) >= 11 is 0. The normalized spacial score (nSPS) is 17.3. The van der Waals surface area contributed by atoms with Gasteiger partial charge in [-0.25, -0.2) is 8.42 Å². The van der Waals surface area contributed by atoms with E-state index in [0.717, 1.165) is 24.3 Å². The van der Waals surface area contributed by atoms with Gasteiger partial charge < -0.3 is 19.7 Å². The molecule has 0 unspecified atom stereocenters. The molecule has 9 heteroatoms. The quantitative estimate of drug-likeness (QED) is 0.683. The molecule has 2 aromatic rings. The summed E-state index contributed by atoms with van der Waals surface area (Å²) in [6, 6.07) is 12.4. The van der Waals surface area contributed by atoms with E-state index in [4.69, 9.17) is 9.47 Å². The van der Waals surface area contributed by atoms with E-state index in [-0.39, 0.29) is 16.4 Å². The molecule has 1 N–H and O–H groups in total. The van der Waals surface area contributed by atoms with Crippen molar-refractivity contribution in [2.75, 3.05) is 51.4 Å². The largest absolute Gasteiger partial charge is 0.496 e. The number of anilines is 1. The Morgan fingerprint density at radius 3 is 2.50 bits per heavy atom. The van der Waals surface area contributed by atoms with Crippen LogP contribution in [0, 0.1) is 0 Å². The van der Waals surface area contributed by atoms with E-state index >= 15 is 0 Å². The summed E-state index contributed by atoms with van der Waals surface area (Å²) < 4.78 is 38.0.